The predicted octanol–water partition coefficient (Wildman–Crippen LogP) is 1.08. The number of fused-ring (bicyclic) bond motifs is 2. The van der Waals surface area contributed by atoms with Crippen molar-refractivity contribution >= 4 is 23.0 Å². The largest absolute Gasteiger partial charge is 0.388 e. The Balaban J connectivity index is 1.84. The molecule has 0 aromatic carbocycles. The van der Waals surface area contributed by atoms with E-state index in [0.717, 1.165) is 31.7 Å². The lowest BCUT2D eigenvalue weighted by Gasteiger charge is -2.33. The number of hydrogen-bond donors (Lipinski definition) is 1. The molecule has 2 N–H and O–H groups in total. The van der Waals surface area contributed by atoms with E-state index in [1.165, 1.54) is 0 Å². The Labute approximate surface area is 106 Å². The molecule has 2 fully saturated rings. The maximum atomic E-state index is 5.81. The number of rotatable bonds is 2. The summed E-state index contributed by atoms with van der Waals surface area (Å²) < 4.78 is 5.81. The summed E-state index contributed by atoms with van der Waals surface area (Å²) in [5.41, 5.74) is 6.30. The second-order valence-electron chi connectivity index (χ2n) is 4.61. The maximum Gasteiger partial charge on any atom is 0.129 e. The van der Waals surface area contributed by atoms with E-state index in [9.17, 15) is 0 Å². The lowest BCUT2D eigenvalue weighted by atomic mass is 10.2. The van der Waals surface area contributed by atoms with E-state index in [0.29, 0.717) is 22.9 Å². The highest BCUT2D eigenvalue weighted by Crippen LogP contribution is 2.28. The number of thiocarbonyl (C=S) groups is 1. The Morgan fingerprint density at radius 2 is 2.06 bits per heavy atom. The summed E-state index contributed by atoms with van der Waals surface area (Å²) in [5, 5.41) is 0. The van der Waals surface area contributed by atoms with Gasteiger partial charge in [-0.15, -0.1) is 0 Å². The van der Waals surface area contributed by atoms with Crippen molar-refractivity contribution in [1.29, 1.82) is 0 Å². The minimum Gasteiger partial charge on any atom is -0.388 e. The van der Waals surface area contributed by atoms with Crippen LogP contribution in [0.2, 0.25) is 0 Å². The van der Waals surface area contributed by atoms with Gasteiger partial charge in [0, 0.05) is 13.1 Å². The molecule has 1 aromatic heterocycles. The normalized spacial score (nSPS) is 27.2. The van der Waals surface area contributed by atoms with Gasteiger partial charge in [0.2, 0.25) is 0 Å². The van der Waals surface area contributed by atoms with Crippen LogP contribution in [0.1, 0.15) is 18.5 Å². The van der Waals surface area contributed by atoms with Crippen LogP contribution in [0.4, 0.5) is 5.82 Å². The van der Waals surface area contributed by atoms with Crippen molar-refractivity contribution < 1.29 is 4.74 Å². The number of anilines is 1. The topological polar surface area (TPSA) is 51.4 Å². The number of nitrogens with zero attached hydrogens (tertiary/aromatic N) is 2. The fraction of sp³-hybridized carbons (Fsp3) is 0.500. The zero-order valence-electron chi connectivity index (χ0n) is 9.50. The smallest absolute Gasteiger partial charge is 0.129 e. The molecule has 2 aliphatic heterocycles. The van der Waals surface area contributed by atoms with E-state index in [1.807, 2.05) is 18.2 Å². The monoisotopic (exact) mass is 249 g/mol. The minimum atomic E-state index is 0.350. The van der Waals surface area contributed by atoms with Gasteiger partial charge in [0.25, 0.3) is 0 Å². The van der Waals surface area contributed by atoms with Crippen molar-refractivity contribution in [2.45, 2.75) is 25.0 Å². The summed E-state index contributed by atoms with van der Waals surface area (Å²) in [6.45, 7) is 1.84. The van der Waals surface area contributed by atoms with Gasteiger partial charge in [0.05, 0.1) is 17.9 Å². The summed E-state index contributed by atoms with van der Waals surface area (Å²) >= 11 is 4.95. The lowest BCUT2D eigenvalue weighted by Crippen LogP contribution is -2.43. The van der Waals surface area contributed by atoms with Crippen LogP contribution in [0.25, 0.3) is 0 Å². The molecule has 2 unspecified atom stereocenters. The number of aromatic nitrogens is 1. The van der Waals surface area contributed by atoms with Crippen molar-refractivity contribution in [2.75, 3.05) is 18.0 Å². The maximum absolute atomic E-state index is 5.81. The highest BCUT2D eigenvalue weighted by atomic mass is 32.1. The first kappa shape index (κ1) is 10.9. The summed E-state index contributed by atoms with van der Waals surface area (Å²) in [4.78, 5) is 7.12. The Bertz CT molecular complexity index is 439. The Morgan fingerprint density at radius 1 is 1.35 bits per heavy atom. The van der Waals surface area contributed by atoms with Crippen LogP contribution in [0.15, 0.2) is 18.2 Å². The molecule has 90 valence electrons. The lowest BCUT2D eigenvalue weighted by molar-refractivity contribution is 0.0302. The fourth-order valence-electron chi connectivity index (χ4n) is 2.54. The molecule has 0 aliphatic carbocycles. The number of nitrogens with two attached hydrogens (primary N) is 1. The third kappa shape index (κ3) is 2.12. The minimum absolute atomic E-state index is 0.350. The van der Waals surface area contributed by atoms with Crippen LogP contribution in [0.3, 0.4) is 0 Å². The third-order valence-electron chi connectivity index (χ3n) is 3.35. The van der Waals surface area contributed by atoms with Crippen molar-refractivity contribution in [3.05, 3.63) is 23.9 Å². The van der Waals surface area contributed by atoms with Gasteiger partial charge in [-0.05, 0) is 25.0 Å². The molecule has 2 atom stereocenters. The zero-order valence-corrected chi connectivity index (χ0v) is 10.3. The number of hydrogen-bond acceptors (Lipinski definition) is 4. The van der Waals surface area contributed by atoms with Crippen molar-refractivity contribution in [3.8, 4) is 0 Å². The fourth-order valence-corrected chi connectivity index (χ4v) is 2.65. The highest BCUT2D eigenvalue weighted by Gasteiger charge is 2.34. The van der Waals surface area contributed by atoms with Crippen molar-refractivity contribution in [1.82, 2.24) is 4.98 Å². The Morgan fingerprint density at radius 3 is 2.71 bits per heavy atom. The number of morpholine rings is 1. The first-order valence-electron chi connectivity index (χ1n) is 5.89. The van der Waals surface area contributed by atoms with E-state index >= 15 is 0 Å². The highest BCUT2D eigenvalue weighted by molar-refractivity contribution is 7.80. The molecule has 0 spiro atoms. The van der Waals surface area contributed by atoms with Gasteiger partial charge in [-0.1, -0.05) is 18.3 Å². The standard InChI is InChI=1S/C12H15N3OS/c13-12(17)10-2-1-3-11(14-10)15-6-8-4-5-9(7-15)16-8/h1-3,8-9H,4-7H2,(H2,13,17). The Hall–Kier alpha value is -1.20. The summed E-state index contributed by atoms with van der Waals surface area (Å²) in [7, 11) is 0. The molecule has 0 saturated carbocycles. The molecule has 0 radical (unpaired) electrons. The van der Waals surface area contributed by atoms with Gasteiger partial charge >= 0.3 is 0 Å². The van der Waals surface area contributed by atoms with Crippen LogP contribution < -0.4 is 10.6 Å². The van der Waals surface area contributed by atoms with Crippen molar-refractivity contribution in [2.24, 2.45) is 5.73 Å². The number of pyridine rings is 1. The van der Waals surface area contributed by atoms with E-state index < -0.39 is 0 Å². The molecule has 2 bridgehead atoms. The molecule has 3 rings (SSSR count). The van der Waals surface area contributed by atoms with E-state index in [1.54, 1.807) is 0 Å². The first-order valence-corrected chi connectivity index (χ1v) is 6.30. The van der Waals surface area contributed by atoms with E-state index in [-0.39, 0.29) is 0 Å². The second kappa shape index (κ2) is 4.23. The van der Waals surface area contributed by atoms with Gasteiger partial charge in [-0.2, -0.15) is 0 Å². The summed E-state index contributed by atoms with van der Waals surface area (Å²) in [6, 6.07) is 5.81. The van der Waals surface area contributed by atoms with Crippen LogP contribution in [-0.2, 0) is 4.74 Å². The zero-order chi connectivity index (χ0) is 11.8. The van der Waals surface area contributed by atoms with Crippen LogP contribution in [-0.4, -0.2) is 35.3 Å². The quantitative estimate of drug-likeness (QED) is 0.795. The summed E-state index contributed by atoms with van der Waals surface area (Å²) in [6.07, 6.45) is 3.06. The molecule has 2 aliphatic rings. The van der Waals surface area contributed by atoms with Gasteiger partial charge in [0.1, 0.15) is 10.8 Å². The van der Waals surface area contributed by atoms with E-state index in [2.05, 4.69) is 9.88 Å². The molecule has 2 saturated heterocycles. The van der Waals surface area contributed by atoms with E-state index in [4.69, 9.17) is 22.7 Å². The average Bonchev–Trinajstić information content (AvgIpc) is 2.68. The molecule has 4 nitrogen and oxygen atoms in total. The third-order valence-corrected chi connectivity index (χ3v) is 3.56. The number of ether oxygens (including phenoxy) is 1. The van der Waals surface area contributed by atoms with Crippen LogP contribution in [0, 0.1) is 0 Å². The molecular weight excluding hydrogens is 234 g/mol. The predicted molar refractivity (Wildman–Crippen MR) is 70.2 cm³/mol. The van der Waals surface area contributed by atoms with Gasteiger partial charge in [-0.25, -0.2) is 4.98 Å². The Kier molecular flexibility index (Phi) is 2.72. The summed E-state index contributed by atoms with van der Waals surface area (Å²) in [5.74, 6) is 0.954. The van der Waals surface area contributed by atoms with Gasteiger partial charge < -0.3 is 15.4 Å². The molecule has 5 heteroatoms. The van der Waals surface area contributed by atoms with Crippen LogP contribution in [0.5, 0.6) is 0 Å². The molecular formula is C12H15N3OS. The molecule has 0 amide bonds. The second-order valence-corrected chi connectivity index (χ2v) is 5.05. The van der Waals surface area contributed by atoms with Gasteiger partial charge in [-0.3, -0.25) is 0 Å². The molecule has 3 heterocycles. The van der Waals surface area contributed by atoms with Gasteiger partial charge in [0.15, 0.2) is 0 Å². The average molecular weight is 249 g/mol. The molecule has 17 heavy (non-hydrogen) atoms. The van der Waals surface area contributed by atoms with Crippen LogP contribution >= 0.6 is 12.2 Å². The molecule has 1 aromatic rings. The van der Waals surface area contributed by atoms with Crippen molar-refractivity contribution in [3.63, 3.8) is 0 Å². The SMILES string of the molecule is NC(=S)c1cccc(N2CC3CCC(C2)O3)n1. The first-order chi connectivity index (χ1) is 8.22.